The van der Waals surface area contributed by atoms with Crippen molar-refractivity contribution < 1.29 is 18.2 Å². The molecular weight excluding hydrogens is 396 g/mol. The van der Waals surface area contributed by atoms with Crippen molar-refractivity contribution in [1.29, 1.82) is 0 Å². The monoisotopic (exact) mass is 418 g/mol. The number of oxime groups is 1. The average Bonchev–Trinajstić information content (AvgIpc) is 2.72. The highest BCUT2D eigenvalue weighted by Gasteiger charge is 2.30. The highest BCUT2D eigenvalue weighted by atomic mass is 32.2. The molecule has 0 bridgehead atoms. The van der Waals surface area contributed by atoms with Gasteiger partial charge in [-0.2, -0.15) is 4.31 Å². The van der Waals surface area contributed by atoms with Gasteiger partial charge in [0.1, 0.15) is 12.8 Å². The molecule has 0 saturated carbocycles. The van der Waals surface area contributed by atoms with Gasteiger partial charge < -0.3 is 9.74 Å². The third-order valence-electron chi connectivity index (χ3n) is 4.74. The number of sulfonamides is 1. The number of anilines is 1. The first kappa shape index (κ1) is 20.7. The minimum absolute atomic E-state index is 0.0557. The predicted molar refractivity (Wildman–Crippen MR) is 110 cm³/mol. The fourth-order valence-corrected chi connectivity index (χ4v) is 4.60. The van der Waals surface area contributed by atoms with Gasteiger partial charge in [0.05, 0.1) is 16.0 Å². The summed E-state index contributed by atoms with van der Waals surface area (Å²) < 4.78 is 27.1. The van der Waals surface area contributed by atoms with Crippen LogP contribution in [0.25, 0.3) is 0 Å². The summed E-state index contributed by atoms with van der Waals surface area (Å²) in [5.41, 5.74) is 1.93. The van der Waals surface area contributed by atoms with Gasteiger partial charge in [-0.15, -0.1) is 0 Å². The largest absolute Gasteiger partial charge is 0.399 e. The summed E-state index contributed by atoms with van der Waals surface area (Å²) in [5.74, 6) is 0. The number of hydrogen-bond acceptors (Lipinski definition) is 7. The van der Waals surface area contributed by atoms with Gasteiger partial charge in [0.2, 0.25) is 10.0 Å². The number of rotatable bonds is 6. The molecule has 2 aromatic carbocycles. The Morgan fingerprint density at radius 3 is 2.34 bits per heavy atom. The van der Waals surface area contributed by atoms with Crippen LogP contribution in [-0.4, -0.2) is 57.1 Å². The first-order chi connectivity index (χ1) is 13.8. The van der Waals surface area contributed by atoms with Crippen molar-refractivity contribution in [3.05, 3.63) is 63.7 Å². The van der Waals surface area contributed by atoms with E-state index in [1.807, 2.05) is 11.8 Å². The Kier molecular flexibility index (Phi) is 6.14. The Labute approximate surface area is 169 Å². The van der Waals surface area contributed by atoms with E-state index in [4.69, 9.17) is 0 Å². The van der Waals surface area contributed by atoms with E-state index in [0.717, 1.165) is 5.56 Å². The van der Waals surface area contributed by atoms with Crippen molar-refractivity contribution in [1.82, 2.24) is 4.31 Å². The summed E-state index contributed by atoms with van der Waals surface area (Å²) in [6.07, 6.45) is 1.39. The first-order valence-corrected chi connectivity index (χ1v) is 10.4. The summed E-state index contributed by atoms with van der Waals surface area (Å²) in [6, 6.07) is 11.5. The fourth-order valence-electron chi connectivity index (χ4n) is 3.18. The maximum absolute atomic E-state index is 12.8. The number of nitro groups is 1. The molecule has 29 heavy (non-hydrogen) atoms. The average molecular weight is 418 g/mol. The van der Waals surface area contributed by atoms with E-state index < -0.39 is 14.9 Å². The van der Waals surface area contributed by atoms with Crippen molar-refractivity contribution >= 4 is 27.6 Å². The number of benzene rings is 2. The molecule has 1 heterocycles. The summed E-state index contributed by atoms with van der Waals surface area (Å²) in [7, 11) is -2.19. The van der Waals surface area contributed by atoms with Crippen LogP contribution < -0.4 is 4.90 Å². The van der Waals surface area contributed by atoms with Crippen LogP contribution >= 0.6 is 0 Å². The van der Waals surface area contributed by atoms with Gasteiger partial charge in [-0.25, -0.2) is 8.42 Å². The lowest BCUT2D eigenvalue weighted by Crippen LogP contribution is -2.48. The van der Waals surface area contributed by atoms with E-state index in [1.54, 1.807) is 36.4 Å². The van der Waals surface area contributed by atoms with Crippen molar-refractivity contribution in [2.75, 3.05) is 38.2 Å². The second-order valence-electron chi connectivity index (χ2n) is 6.63. The zero-order valence-corrected chi connectivity index (χ0v) is 17.0. The zero-order valence-electron chi connectivity index (χ0n) is 16.2. The summed E-state index contributed by atoms with van der Waals surface area (Å²) >= 11 is 0. The van der Waals surface area contributed by atoms with Crippen LogP contribution in [0.1, 0.15) is 11.1 Å². The Morgan fingerprint density at radius 2 is 1.76 bits per heavy atom. The predicted octanol–water partition coefficient (Wildman–Crippen LogP) is 2.39. The summed E-state index contributed by atoms with van der Waals surface area (Å²) in [5, 5.41) is 15.1. The maximum atomic E-state index is 12.8. The Balaban J connectivity index is 1.77. The minimum atomic E-state index is -3.59. The van der Waals surface area contributed by atoms with Crippen LogP contribution in [0.2, 0.25) is 0 Å². The smallest absolute Gasteiger partial charge is 0.293 e. The Bertz CT molecular complexity index is 1010. The standard InChI is InChI=1S/C19H22N4O5S/c1-15-3-6-17(7-4-15)29(26,27)22-11-9-21(10-12-22)18-8-5-16(14-20-28-2)13-19(18)23(24)25/h3-8,13-14H,9-12H2,1-2H3/b20-14-. The molecule has 0 amide bonds. The molecule has 3 rings (SSSR count). The van der Waals surface area contributed by atoms with Crippen LogP contribution in [0.4, 0.5) is 11.4 Å². The molecule has 1 saturated heterocycles. The van der Waals surface area contributed by atoms with E-state index in [-0.39, 0.29) is 23.7 Å². The van der Waals surface area contributed by atoms with E-state index in [9.17, 15) is 18.5 Å². The molecule has 9 nitrogen and oxygen atoms in total. The summed E-state index contributed by atoms with van der Waals surface area (Å²) in [6.45, 7) is 3.11. The van der Waals surface area contributed by atoms with Gasteiger partial charge in [0, 0.05) is 37.8 Å². The number of hydrogen-bond donors (Lipinski definition) is 0. The lowest BCUT2D eigenvalue weighted by Gasteiger charge is -2.35. The van der Waals surface area contributed by atoms with E-state index >= 15 is 0 Å². The van der Waals surface area contributed by atoms with E-state index in [1.165, 1.54) is 23.7 Å². The van der Waals surface area contributed by atoms with Gasteiger partial charge in [-0.3, -0.25) is 10.1 Å². The van der Waals surface area contributed by atoms with Crippen molar-refractivity contribution in [3.63, 3.8) is 0 Å². The molecule has 1 aliphatic rings. The van der Waals surface area contributed by atoms with E-state index in [0.29, 0.717) is 24.3 Å². The molecule has 0 aliphatic carbocycles. The van der Waals surface area contributed by atoms with Crippen LogP contribution in [0.15, 0.2) is 52.5 Å². The number of aryl methyl sites for hydroxylation is 1. The minimum Gasteiger partial charge on any atom is -0.399 e. The lowest BCUT2D eigenvalue weighted by atomic mass is 10.1. The molecule has 0 spiro atoms. The van der Waals surface area contributed by atoms with Gasteiger partial charge in [0.25, 0.3) is 5.69 Å². The Hall–Kier alpha value is -2.98. The quantitative estimate of drug-likeness (QED) is 0.405. The number of nitrogens with zero attached hydrogens (tertiary/aromatic N) is 4. The highest BCUT2D eigenvalue weighted by molar-refractivity contribution is 7.89. The first-order valence-electron chi connectivity index (χ1n) is 8.99. The van der Waals surface area contributed by atoms with Gasteiger partial charge in [0.15, 0.2) is 0 Å². The molecule has 0 unspecified atom stereocenters. The molecule has 0 atom stereocenters. The van der Waals surface area contributed by atoms with Crippen LogP contribution in [0, 0.1) is 17.0 Å². The number of piperazine rings is 1. The van der Waals surface area contributed by atoms with Gasteiger partial charge in [-0.1, -0.05) is 28.9 Å². The third kappa shape index (κ3) is 4.54. The highest BCUT2D eigenvalue weighted by Crippen LogP contribution is 2.30. The second-order valence-corrected chi connectivity index (χ2v) is 8.56. The third-order valence-corrected chi connectivity index (χ3v) is 6.65. The van der Waals surface area contributed by atoms with Crippen LogP contribution in [-0.2, 0) is 14.9 Å². The zero-order chi connectivity index (χ0) is 21.0. The van der Waals surface area contributed by atoms with Gasteiger partial charge in [-0.05, 0) is 25.1 Å². The normalized spacial score (nSPS) is 15.6. The molecule has 10 heteroatoms. The fraction of sp³-hybridized carbons (Fsp3) is 0.316. The van der Waals surface area contributed by atoms with Crippen molar-refractivity contribution in [3.8, 4) is 0 Å². The number of nitro benzene ring substituents is 1. The maximum Gasteiger partial charge on any atom is 0.293 e. The lowest BCUT2D eigenvalue weighted by molar-refractivity contribution is -0.384. The van der Waals surface area contributed by atoms with E-state index in [2.05, 4.69) is 9.99 Å². The SMILES string of the molecule is CO/N=C\c1ccc(N2CCN(S(=O)(=O)c3ccc(C)cc3)CC2)c([N+](=O)[O-])c1. The molecule has 0 aromatic heterocycles. The molecule has 154 valence electrons. The van der Waals surface area contributed by atoms with Crippen molar-refractivity contribution in [2.45, 2.75) is 11.8 Å². The molecule has 0 N–H and O–H groups in total. The second kappa shape index (κ2) is 8.58. The topological polar surface area (TPSA) is 105 Å². The molecule has 1 fully saturated rings. The van der Waals surface area contributed by atoms with Gasteiger partial charge >= 0.3 is 0 Å². The van der Waals surface area contributed by atoms with Crippen LogP contribution in [0.3, 0.4) is 0 Å². The molecule has 1 aliphatic heterocycles. The van der Waals surface area contributed by atoms with Crippen molar-refractivity contribution in [2.24, 2.45) is 5.16 Å². The van der Waals surface area contributed by atoms with Crippen LogP contribution in [0.5, 0.6) is 0 Å². The molecule has 2 aromatic rings. The Morgan fingerprint density at radius 1 is 1.10 bits per heavy atom. The summed E-state index contributed by atoms with van der Waals surface area (Å²) in [4.78, 5) is 17.8. The molecule has 0 radical (unpaired) electrons. The molecular formula is C19H22N4O5S.